The quantitative estimate of drug-likeness (QED) is 0.872. The number of aryl methyl sites for hydroxylation is 1. The highest BCUT2D eigenvalue weighted by molar-refractivity contribution is 9.10. The van der Waals surface area contributed by atoms with E-state index in [2.05, 4.69) is 21.2 Å². The zero-order valence-corrected chi connectivity index (χ0v) is 13.5. The molecule has 0 bridgehead atoms. The lowest BCUT2D eigenvalue weighted by atomic mass is 9.94. The highest BCUT2D eigenvalue weighted by Crippen LogP contribution is 2.25. The maximum atomic E-state index is 12.2. The standard InChI is InChI=1S/C15H19BrN2O3/c1-10-2-3-13(12(16)8-10)17-15(21)18-6-4-11(5-7-18)9-14(19)20/h2-3,8,11H,4-7,9H2,1H3,(H,17,21)(H,19,20). The molecule has 0 radical (unpaired) electrons. The van der Waals surface area contributed by atoms with Crippen molar-refractivity contribution < 1.29 is 14.7 Å². The summed E-state index contributed by atoms with van der Waals surface area (Å²) in [5.41, 5.74) is 1.87. The summed E-state index contributed by atoms with van der Waals surface area (Å²) in [6.07, 6.45) is 1.68. The molecule has 1 fully saturated rings. The lowest BCUT2D eigenvalue weighted by molar-refractivity contribution is -0.138. The Hall–Kier alpha value is -1.56. The fourth-order valence-electron chi connectivity index (χ4n) is 2.50. The Bertz CT molecular complexity index is 540. The molecule has 2 amide bonds. The number of carbonyl (C=O) groups excluding carboxylic acids is 1. The molecule has 1 heterocycles. The van der Waals surface area contributed by atoms with Gasteiger partial charge in [0.2, 0.25) is 0 Å². The van der Waals surface area contributed by atoms with E-state index in [0.717, 1.165) is 28.6 Å². The minimum atomic E-state index is -0.763. The number of rotatable bonds is 3. The molecule has 21 heavy (non-hydrogen) atoms. The second-order valence-corrected chi connectivity index (χ2v) is 6.30. The number of anilines is 1. The number of halogens is 1. The van der Waals surface area contributed by atoms with Crippen molar-refractivity contribution in [2.45, 2.75) is 26.2 Å². The van der Waals surface area contributed by atoms with E-state index in [0.29, 0.717) is 13.1 Å². The van der Waals surface area contributed by atoms with Crippen molar-refractivity contribution in [1.82, 2.24) is 4.90 Å². The first-order chi connectivity index (χ1) is 9.95. The first-order valence-electron chi connectivity index (χ1n) is 6.99. The Balaban J connectivity index is 1.89. The Kier molecular flexibility index (Phi) is 5.22. The molecule has 0 aromatic heterocycles. The largest absolute Gasteiger partial charge is 0.481 e. The van der Waals surface area contributed by atoms with Gasteiger partial charge in [-0.15, -0.1) is 0 Å². The van der Waals surface area contributed by atoms with Crippen LogP contribution < -0.4 is 5.32 Å². The number of carboxylic acid groups (broad SMARTS) is 1. The van der Waals surface area contributed by atoms with E-state index in [-0.39, 0.29) is 18.4 Å². The van der Waals surface area contributed by atoms with Gasteiger partial charge in [-0.1, -0.05) is 6.07 Å². The number of nitrogens with one attached hydrogen (secondary N) is 1. The Morgan fingerprint density at radius 2 is 2.05 bits per heavy atom. The van der Waals surface area contributed by atoms with Crippen LogP contribution >= 0.6 is 15.9 Å². The Morgan fingerprint density at radius 1 is 1.38 bits per heavy atom. The highest BCUT2D eigenvalue weighted by Gasteiger charge is 2.24. The summed E-state index contributed by atoms with van der Waals surface area (Å²) in [5.74, 6) is -0.584. The number of carbonyl (C=O) groups is 2. The maximum absolute atomic E-state index is 12.2. The van der Waals surface area contributed by atoms with Crippen LogP contribution in [0.5, 0.6) is 0 Å². The van der Waals surface area contributed by atoms with Crippen molar-refractivity contribution in [3.63, 3.8) is 0 Å². The second kappa shape index (κ2) is 6.93. The molecule has 1 aliphatic heterocycles. The van der Waals surface area contributed by atoms with Gasteiger partial charge in [0.15, 0.2) is 0 Å². The van der Waals surface area contributed by atoms with Crippen molar-refractivity contribution in [2.75, 3.05) is 18.4 Å². The molecular formula is C15H19BrN2O3. The van der Waals surface area contributed by atoms with Crippen LogP contribution in [0.15, 0.2) is 22.7 Å². The number of benzene rings is 1. The van der Waals surface area contributed by atoms with Gasteiger partial charge in [-0.05, 0) is 59.3 Å². The van der Waals surface area contributed by atoms with E-state index in [1.54, 1.807) is 4.90 Å². The van der Waals surface area contributed by atoms with Crippen LogP contribution in [0.3, 0.4) is 0 Å². The van der Waals surface area contributed by atoms with Gasteiger partial charge in [0.1, 0.15) is 0 Å². The van der Waals surface area contributed by atoms with Crippen LogP contribution in [0, 0.1) is 12.8 Å². The summed E-state index contributed by atoms with van der Waals surface area (Å²) < 4.78 is 0.858. The lowest BCUT2D eigenvalue weighted by Crippen LogP contribution is -2.41. The number of carboxylic acids is 1. The van der Waals surface area contributed by atoms with Crippen molar-refractivity contribution >= 4 is 33.6 Å². The molecule has 1 aliphatic rings. The van der Waals surface area contributed by atoms with Gasteiger partial charge in [0.25, 0.3) is 0 Å². The number of piperidine rings is 1. The van der Waals surface area contributed by atoms with Crippen LogP contribution in [0.4, 0.5) is 10.5 Å². The summed E-state index contributed by atoms with van der Waals surface area (Å²) in [6, 6.07) is 5.64. The van der Waals surface area contributed by atoms with Gasteiger partial charge >= 0.3 is 12.0 Å². The zero-order valence-electron chi connectivity index (χ0n) is 11.9. The maximum Gasteiger partial charge on any atom is 0.321 e. The zero-order chi connectivity index (χ0) is 15.4. The van der Waals surface area contributed by atoms with E-state index in [1.165, 1.54) is 0 Å². The fourth-order valence-corrected chi connectivity index (χ4v) is 3.10. The molecule has 0 atom stereocenters. The number of hydrogen-bond donors (Lipinski definition) is 2. The molecular weight excluding hydrogens is 336 g/mol. The van der Waals surface area contributed by atoms with Gasteiger partial charge in [0.05, 0.1) is 5.69 Å². The third kappa shape index (κ3) is 4.46. The SMILES string of the molecule is Cc1ccc(NC(=O)N2CCC(CC(=O)O)CC2)c(Br)c1. The third-order valence-electron chi connectivity index (χ3n) is 3.73. The van der Waals surface area contributed by atoms with Crippen LogP contribution in [-0.2, 0) is 4.79 Å². The summed E-state index contributed by atoms with van der Waals surface area (Å²) >= 11 is 3.44. The van der Waals surface area contributed by atoms with Crippen molar-refractivity contribution in [2.24, 2.45) is 5.92 Å². The van der Waals surface area contributed by atoms with Crippen molar-refractivity contribution in [3.8, 4) is 0 Å². The van der Waals surface area contributed by atoms with Gasteiger partial charge in [-0.2, -0.15) is 0 Å². The van der Waals surface area contributed by atoms with Crippen LogP contribution in [-0.4, -0.2) is 35.1 Å². The summed E-state index contributed by atoms with van der Waals surface area (Å²) in [7, 11) is 0. The van der Waals surface area contributed by atoms with E-state index in [4.69, 9.17) is 5.11 Å². The molecule has 1 aromatic carbocycles. The van der Waals surface area contributed by atoms with Gasteiger partial charge < -0.3 is 15.3 Å². The predicted octanol–water partition coefficient (Wildman–Crippen LogP) is 3.48. The molecule has 114 valence electrons. The highest BCUT2D eigenvalue weighted by atomic mass is 79.9. The number of likely N-dealkylation sites (tertiary alicyclic amines) is 1. The topological polar surface area (TPSA) is 69.6 Å². The number of urea groups is 1. The van der Waals surface area contributed by atoms with Gasteiger partial charge in [0, 0.05) is 24.0 Å². The molecule has 0 saturated carbocycles. The second-order valence-electron chi connectivity index (χ2n) is 5.44. The number of amides is 2. The van der Waals surface area contributed by atoms with Crippen molar-refractivity contribution in [1.29, 1.82) is 0 Å². The molecule has 0 unspecified atom stereocenters. The predicted molar refractivity (Wildman–Crippen MR) is 84.4 cm³/mol. The van der Waals surface area contributed by atoms with E-state index >= 15 is 0 Å². The molecule has 1 aromatic rings. The molecule has 2 rings (SSSR count). The van der Waals surface area contributed by atoms with Crippen LogP contribution in [0.1, 0.15) is 24.8 Å². The lowest BCUT2D eigenvalue weighted by Gasteiger charge is -2.31. The normalized spacial score (nSPS) is 15.8. The van der Waals surface area contributed by atoms with Crippen LogP contribution in [0.2, 0.25) is 0 Å². The van der Waals surface area contributed by atoms with Gasteiger partial charge in [-0.25, -0.2) is 4.79 Å². The average molecular weight is 355 g/mol. The smallest absolute Gasteiger partial charge is 0.321 e. The molecule has 0 spiro atoms. The first-order valence-corrected chi connectivity index (χ1v) is 7.79. The minimum absolute atomic E-state index is 0.131. The Labute approximate surface area is 132 Å². The van der Waals surface area contributed by atoms with E-state index in [9.17, 15) is 9.59 Å². The third-order valence-corrected chi connectivity index (χ3v) is 4.39. The minimum Gasteiger partial charge on any atom is -0.481 e. The molecule has 0 aliphatic carbocycles. The summed E-state index contributed by atoms with van der Waals surface area (Å²) in [6.45, 7) is 3.20. The fraction of sp³-hybridized carbons (Fsp3) is 0.467. The van der Waals surface area contributed by atoms with E-state index < -0.39 is 5.97 Å². The summed E-state index contributed by atoms with van der Waals surface area (Å²) in [4.78, 5) is 24.6. The molecule has 2 N–H and O–H groups in total. The monoisotopic (exact) mass is 354 g/mol. The molecule has 6 heteroatoms. The first kappa shape index (κ1) is 15.8. The van der Waals surface area contributed by atoms with Crippen molar-refractivity contribution in [3.05, 3.63) is 28.2 Å². The average Bonchev–Trinajstić information content (AvgIpc) is 2.42. The van der Waals surface area contributed by atoms with E-state index in [1.807, 2.05) is 25.1 Å². The Morgan fingerprint density at radius 3 is 2.62 bits per heavy atom. The molecule has 1 saturated heterocycles. The number of aliphatic carboxylic acids is 1. The van der Waals surface area contributed by atoms with Gasteiger partial charge in [-0.3, -0.25) is 4.79 Å². The summed E-state index contributed by atoms with van der Waals surface area (Å²) in [5, 5.41) is 11.7. The number of nitrogens with zero attached hydrogens (tertiary/aromatic N) is 1. The molecule has 5 nitrogen and oxygen atoms in total. The van der Waals surface area contributed by atoms with Crippen LogP contribution in [0.25, 0.3) is 0 Å². The number of hydrogen-bond acceptors (Lipinski definition) is 2.